The molecule has 0 aliphatic rings. The Labute approximate surface area is 64.2 Å². The molecule has 0 unspecified atom stereocenters. The fourth-order valence-electron chi connectivity index (χ4n) is 0.215. The number of halogens is 2. The standard InChI is InChI=1S/C3H4N2.C2H4Cl2/c1-2-5-3-4-1;3-1-2-4/h1-3H,(H,4,5);1-2H2. The van der Waals surface area contributed by atoms with Crippen LogP contribution in [0.2, 0.25) is 0 Å². The lowest BCUT2D eigenvalue weighted by atomic mass is 11.0. The summed E-state index contributed by atoms with van der Waals surface area (Å²) in [6.45, 7) is 0. The zero-order valence-corrected chi connectivity index (χ0v) is 6.36. The molecule has 52 valence electrons. The van der Waals surface area contributed by atoms with Crippen LogP contribution in [-0.2, 0) is 0 Å². The van der Waals surface area contributed by atoms with Gasteiger partial charge in [-0.25, -0.2) is 4.98 Å². The lowest BCUT2D eigenvalue weighted by Gasteiger charge is -1.63. The van der Waals surface area contributed by atoms with E-state index < -0.39 is 0 Å². The van der Waals surface area contributed by atoms with Crippen molar-refractivity contribution in [3.05, 3.63) is 18.7 Å². The second-order valence-corrected chi connectivity index (χ2v) is 1.89. The van der Waals surface area contributed by atoms with E-state index in [-0.39, 0.29) is 0 Å². The van der Waals surface area contributed by atoms with E-state index in [9.17, 15) is 0 Å². The molecule has 0 amide bonds. The molecule has 1 aromatic rings. The highest BCUT2D eigenvalue weighted by atomic mass is 35.5. The Hall–Kier alpha value is -0.210. The molecule has 9 heavy (non-hydrogen) atoms. The maximum absolute atomic E-state index is 5.05. The van der Waals surface area contributed by atoms with E-state index in [1.165, 1.54) is 0 Å². The van der Waals surface area contributed by atoms with E-state index in [0.717, 1.165) is 0 Å². The number of nitrogens with one attached hydrogen (secondary N) is 1. The summed E-state index contributed by atoms with van der Waals surface area (Å²) < 4.78 is 0. The average Bonchev–Trinajstić information content (AvgIpc) is 2.43. The van der Waals surface area contributed by atoms with Crippen LogP contribution in [0.15, 0.2) is 18.7 Å². The first-order chi connectivity index (χ1) is 4.41. The zero-order chi connectivity index (χ0) is 6.95. The molecule has 0 atom stereocenters. The second-order valence-electron chi connectivity index (χ2n) is 1.14. The number of imidazole rings is 1. The number of hydrogen-bond donors (Lipinski definition) is 1. The maximum Gasteiger partial charge on any atom is 0.0919 e. The van der Waals surface area contributed by atoms with E-state index in [2.05, 4.69) is 9.97 Å². The Morgan fingerprint density at radius 2 is 2.00 bits per heavy atom. The van der Waals surface area contributed by atoms with Gasteiger partial charge in [-0.2, -0.15) is 0 Å². The molecular formula is C5H8Cl2N2. The molecule has 0 spiro atoms. The molecule has 0 aromatic carbocycles. The van der Waals surface area contributed by atoms with Crippen molar-refractivity contribution in [2.75, 3.05) is 11.8 Å². The molecule has 0 bridgehead atoms. The van der Waals surface area contributed by atoms with Gasteiger partial charge in [0.2, 0.25) is 0 Å². The van der Waals surface area contributed by atoms with Gasteiger partial charge in [0.25, 0.3) is 0 Å². The minimum Gasteiger partial charge on any atom is -0.351 e. The highest BCUT2D eigenvalue weighted by Crippen LogP contribution is 1.75. The van der Waals surface area contributed by atoms with Crippen LogP contribution in [0.1, 0.15) is 0 Å². The first kappa shape index (κ1) is 8.79. The number of aromatic nitrogens is 2. The molecule has 0 aliphatic carbocycles. The first-order valence-corrected chi connectivity index (χ1v) is 3.53. The van der Waals surface area contributed by atoms with Gasteiger partial charge in [-0.05, 0) is 0 Å². The molecule has 0 radical (unpaired) electrons. The fraction of sp³-hybridized carbons (Fsp3) is 0.400. The summed E-state index contributed by atoms with van der Waals surface area (Å²) in [6.07, 6.45) is 5.08. The van der Waals surface area contributed by atoms with Crippen molar-refractivity contribution in [2.24, 2.45) is 0 Å². The topological polar surface area (TPSA) is 28.7 Å². The number of H-pyrrole nitrogens is 1. The third-order valence-corrected chi connectivity index (χ3v) is 1.05. The number of alkyl halides is 2. The first-order valence-electron chi connectivity index (χ1n) is 2.46. The van der Waals surface area contributed by atoms with Gasteiger partial charge in [0.05, 0.1) is 6.33 Å². The van der Waals surface area contributed by atoms with Gasteiger partial charge in [0.1, 0.15) is 0 Å². The molecule has 1 heterocycles. The summed E-state index contributed by atoms with van der Waals surface area (Å²) in [5, 5.41) is 0. The molecule has 4 heteroatoms. The van der Waals surface area contributed by atoms with Gasteiger partial charge in [-0.15, -0.1) is 23.2 Å². The van der Waals surface area contributed by atoms with Crippen molar-refractivity contribution in [3.8, 4) is 0 Å². The van der Waals surface area contributed by atoms with Crippen molar-refractivity contribution in [1.82, 2.24) is 9.97 Å². The van der Waals surface area contributed by atoms with Crippen LogP contribution >= 0.6 is 23.2 Å². The van der Waals surface area contributed by atoms with Gasteiger partial charge in [-0.3, -0.25) is 0 Å². The summed E-state index contributed by atoms with van der Waals surface area (Å²) in [6, 6.07) is 0. The molecule has 2 nitrogen and oxygen atoms in total. The molecule has 0 saturated carbocycles. The smallest absolute Gasteiger partial charge is 0.0919 e. The molecule has 1 N–H and O–H groups in total. The van der Waals surface area contributed by atoms with Crippen molar-refractivity contribution in [2.45, 2.75) is 0 Å². The minimum absolute atomic E-state index is 0.557. The van der Waals surface area contributed by atoms with Crippen LogP contribution in [0.5, 0.6) is 0 Å². The molecule has 1 rings (SSSR count). The fourth-order valence-corrected chi connectivity index (χ4v) is 0.215. The van der Waals surface area contributed by atoms with E-state index in [1.807, 2.05) is 0 Å². The second kappa shape index (κ2) is 7.79. The Morgan fingerprint density at radius 3 is 2.11 bits per heavy atom. The van der Waals surface area contributed by atoms with E-state index in [1.54, 1.807) is 18.7 Å². The molecule has 0 fully saturated rings. The highest BCUT2D eigenvalue weighted by Gasteiger charge is 1.61. The van der Waals surface area contributed by atoms with Gasteiger partial charge in [0, 0.05) is 24.2 Å². The van der Waals surface area contributed by atoms with Crippen LogP contribution in [0.25, 0.3) is 0 Å². The highest BCUT2D eigenvalue weighted by molar-refractivity contribution is 6.25. The van der Waals surface area contributed by atoms with Crippen LogP contribution in [0.4, 0.5) is 0 Å². The van der Waals surface area contributed by atoms with Gasteiger partial charge >= 0.3 is 0 Å². The number of nitrogens with zero attached hydrogens (tertiary/aromatic N) is 1. The van der Waals surface area contributed by atoms with Crippen LogP contribution in [0, 0.1) is 0 Å². The van der Waals surface area contributed by atoms with Crippen LogP contribution in [0.3, 0.4) is 0 Å². The van der Waals surface area contributed by atoms with Crippen molar-refractivity contribution >= 4 is 23.2 Å². The predicted molar refractivity (Wildman–Crippen MR) is 40.0 cm³/mol. The van der Waals surface area contributed by atoms with Crippen molar-refractivity contribution in [1.29, 1.82) is 0 Å². The normalized spacial score (nSPS) is 7.78. The quantitative estimate of drug-likeness (QED) is 0.635. The summed E-state index contributed by atoms with van der Waals surface area (Å²) in [4.78, 5) is 6.42. The largest absolute Gasteiger partial charge is 0.351 e. The summed E-state index contributed by atoms with van der Waals surface area (Å²) >= 11 is 10.1. The monoisotopic (exact) mass is 166 g/mol. The van der Waals surface area contributed by atoms with Crippen LogP contribution in [-0.4, -0.2) is 21.7 Å². The summed E-state index contributed by atoms with van der Waals surface area (Å²) in [7, 11) is 0. The van der Waals surface area contributed by atoms with E-state index >= 15 is 0 Å². The number of rotatable bonds is 1. The molecular weight excluding hydrogens is 159 g/mol. The zero-order valence-electron chi connectivity index (χ0n) is 4.85. The lowest BCUT2D eigenvalue weighted by Crippen LogP contribution is -1.63. The SMILES string of the molecule is ClCCCl.c1c[nH]cn1. The Balaban J connectivity index is 0.000000148. The maximum atomic E-state index is 5.05. The number of aromatic amines is 1. The van der Waals surface area contributed by atoms with E-state index in [0.29, 0.717) is 11.8 Å². The number of hydrogen-bond acceptors (Lipinski definition) is 1. The molecule has 0 saturated heterocycles. The van der Waals surface area contributed by atoms with Gasteiger partial charge < -0.3 is 4.98 Å². The predicted octanol–water partition coefficient (Wildman–Crippen LogP) is 1.87. The third kappa shape index (κ3) is 7.79. The van der Waals surface area contributed by atoms with Crippen LogP contribution < -0.4 is 0 Å². The minimum atomic E-state index is 0.557. The van der Waals surface area contributed by atoms with Gasteiger partial charge in [-0.1, -0.05) is 0 Å². The molecule has 1 aromatic heterocycles. The van der Waals surface area contributed by atoms with E-state index in [4.69, 9.17) is 23.2 Å². The summed E-state index contributed by atoms with van der Waals surface area (Å²) in [5.74, 6) is 1.11. The molecule has 0 aliphatic heterocycles. The third-order valence-electron chi connectivity index (χ3n) is 0.477. The van der Waals surface area contributed by atoms with Crippen molar-refractivity contribution < 1.29 is 0 Å². The Bertz CT molecular complexity index is 88.5. The Morgan fingerprint density at radius 1 is 1.33 bits per heavy atom. The van der Waals surface area contributed by atoms with Gasteiger partial charge in [0.15, 0.2) is 0 Å². The Kier molecular flexibility index (Phi) is 7.61. The summed E-state index contributed by atoms with van der Waals surface area (Å²) in [5.41, 5.74) is 0. The van der Waals surface area contributed by atoms with Crippen molar-refractivity contribution in [3.63, 3.8) is 0 Å². The average molecular weight is 167 g/mol. The lowest BCUT2D eigenvalue weighted by molar-refractivity contribution is 1.31.